The van der Waals surface area contributed by atoms with Crippen molar-refractivity contribution in [2.45, 2.75) is 13.3 Å². The highest BCUT2D eigenvalue weighted by molar-refractivity contribution is 9.11. The Morgan fingerprint density at radius 1 is 1.57 bits per heavy atom. The van der Waals surface area contributed by atoms with Gasteiger partial charge in [-0.25, -0.2) is 0 Å². The van der Waals surface area contributed by atoms with Crippen LogP contribution in [0.1, 0.15) is 19.0 Å². The Kier molecular flexibility index (Phi) is 4.54. The van der Waals surface area contributed by atoms with Crippen molar-refractivity contribution < 1.29 is 0 Å². The molecule has 0 saturated heterocycles. The third-order valence-electron chi connectivity index (χ3n) is 1.56. The van der Waals surface area contributed by atoms with E-state index < -0.39 is 0 Å². The topological polar surface area (TPSA) is 51.3 Å². The number of hydrogen-bond donors (Lipinski definition) is 1. The first kappa shape index (κ1) is 11.7. The van der Waals surface area contributed by atoms with Crippen LogP contribution in [-0.2, 0) is 0 Å². The molecule has 0 aliphatic heterocycles. The molecule has 0 atom stereocenters. The number of halogens is 2. The van der Waals surface area contributed by atoms with Gasteiger partial charge in [-0.1, -0.05) is 6.92 Å². The van der Waals surface area contributed by atoms with Crippen LogP contribution in [0.4, 0.5) is 0 Å². The number of aliphatic imine (C=N–C) groups is 1. The lowest BCUT2D eigenvalue weighted by atomic mass is 10.3. The van der Waals surface area contributed by atoms with Gasteiger partial charge in [0.05, 0.1) is 0 Å². The van der Waals surface area contributed by atoms with Crippen LogP contribution in [0.15, 0.2) is 26.2 Å². The van der Waals surface area contributed by atoms with Crippen LogP contribution in [0.3, 0.4) is 0 Å². The molecule has 0 spiro atoms. The van der Waals surface area contributed by atoms with Gasteiger partial charge in [-0.15, -0.1) is 0 Å². The number of hydrogen-bond acceptors (Lipinski definition) is 2. The van der Waals surface area contributed by atoms with Crippen LogP contribution < -0.4 is 5.73 Å². The monoisotopic (exact) mass is 319 g/mol. The van der Waals surface area contributed by atoms with Gasteiger partial charge in [0, 0.05) is 21.7 Å². The van der Waals surface area contributed by atoms with Gasteiger partial charge in [0.25, 0.3) is 0 Å². The fraction of sp³-hybridized carbons (Fsp3) is 0.333. The molecule has 0 bridgehead atoms. The molecule has 0 amide bonds. The molecule has 0 aliphatic rings. The maximum absolute atomic E-state index is 5.77. The van der Waals surface area contributed by atoms with Crippen molar-refractivity contribution in [1.82, 2.24) is 4.98 Å². The highest BCUT2D eigenvalue weighted by Crippen LogP contribution is 2.19. The van der Waals surface area contributed by atoms with Crippen molar-refractivity contribution >= 4 is 37.7 Å². The summed E-state index contributed by atoms with van der Waals surface area (Å²) in [5.74, 6) is 0.478. The zero-order chi connectivity index (χ0) is 10.6. The number of pyridine rings is 1. The maximum atomic E-state index is 5.77. The molecule has 1 rings (SSSR count). The highest BCUT2D eigenvalue weighted by atomic mass is 79.9. The third kappa shape index (κ3) is 3.06. The zero-order valence-electron chi connectivity index (χ0n) is 7.80. The second kappa shape index (κ2) is 5.46. The average Bonchev–Trinajstić information content (AvgIpc) is 2.14. The molecule has 76 valence electrons. The standard InChI is InChI=1S/C9H11Br2N3/c1-2-3-13-9(12)8-7(11)4-6(10)5-14-8/h4-5H,2-3H2,1H3,(H2,12,13). The fourth-order valence-electron chi connectivity index (χ4n) is 0.910. The lowest BCUT2D eigenvalue weighted by molar-refractivity contribution is 0.928. The Balaban J connectivity index is 2.95. The van der Waals surface area contributed by atoms with E-state index in [0.717, 1.165) is 21.9 Å². The summed E-state index contributed by atoms with van der Waals surface area (Å²) in [5.41, 5.74) is 6.47. The van der Waals surface area contributed by atoms with Gasteiger partial charge in [-0.2, -0.15) is 0 Å². The molecule has 0 unspecified atom stereocenters. The van der Waals surface area contributed by atoms with Gasteiger partial charge in [0.2, 0.25) is 0 Å². The van der Waals surface area contributed by atoms with Crippen LogP contribution in [0.2, 0.25) is 0 Å². The Morgan fingerprint density at radius 3 is 2.86 bits per heavy atom. The number of rotatable bonds is 3. The number of amidine groups is 1. The smallest absolute Gasteiger partial charge is 0.145 e. The number of nitrogens with zero attached hydrogens (tertiary/aromatic N) is 2. The first-order chi connectivity index (χ1) is 6.65. The van der Waals surface area contributed by atoms with Gasteiger partial charge >= 0.3 is 0 Å². The molecule has 3 nitrogen and oxygen atoms in total. The minimum Gasteiger partial charge on any atom is -0.382 e. The van der Waals surface area contributed by atoms with Crippen LogP contribution in [0.25, 0.3) is 0 Å². The van der Waals surface area contributed by atoms with E-state index in [0.29, 0.717) is 11.5 Å². The van der Waals surface area contributed by atoms with E-state index in [9.17, 15) is 0 Å². The summed E-state index contributed by atoms with van der Waals surface area (Å²) in [7, 11) is 0. The first-order valence-electron chi connectivity index (χ1n) is 4.26. The van der Waals surface area contributed by atoms with Crippen LogP contribution in [0.5, 0.6) is 0 Å². The zero-order valence-corrected chi connectivity index (χ0v) is 11.0. The van der Waals surface area contributed by atoms with Crippen LogP contribution in [-0.4, -0.2) is 17.4 Å². The van der Waals surface area contributed by atoms with E-state index in [-0.39, 0.29) is 0 Å². The largest absolute Gasteiger partial charge is 0.382 e. The van der Waals surface area contributed by atoms with Gasteiger partial charge in [0.15, 0.2) is 0 Å². The first-order valence-corrected chi connectivity index (χ1v) is 5.85. The molecule has 14 heavy (non-hydrogen) atoms. The molecule has 0 saturated carbocycles. The third-order valence-corrected chi connectivity index (χ3v) is 2.59. The minimum atomic E-state index is 0.478. The minimum absolute atomic E-state index is 0.478. The van der Waals surface area contributed by atoms with Crippen molar-refractivity contribution in [3.63, 3.8) is 0 Å². The molecule has 0 aliphatic carbocycles. The van der Waals surface area contributed by atoms with E-state index in [1.54, 1.807) is 6.20 Å². The molecule has 0 fully saturated rings. The van der Waals surface area contributed by atoms with Gasteiger partial charge < -0.3 is 5.73 Å². The Bertz CT molecular complexity index is 350. The molecule has 0 radical (unpaired) electrons. The maximum Gasteiger partial charge on any atom is 0.145 e. The predicted molar refractivity (Wildman–Crippen MR) is 65.5 cm³/mol. The van der Waals surface area contributed by atoms with Crippen molar-refractivity contribution in [2.75, 3.05) is 6.54 Å². The molecular formula is C9H11Br2N3. The normalized spacial score (nSPS) is 11.8. The average molecular weight is 321 g/mol. The van der Waals surface area contributed by atoms with Crippen molar-refractivity contribution in [3.05, 3.63) is 26.9 Å². The summed E-state index contributed by atoms with van der Waals surface area (Å²) < 4.78 is 1.76. The summed E-state index contributed by atoms with van der Waals surface area (Å²) in [6.45, 7) is 2.79. The lowest BCUT2D eigenvalue weighted by Crippen LogP contribution is -2.16. The van der Waals surface area contributed by atoms with Crippen LogP contribution in [0, 0.1) is 0 Å². The predicted octanol–water partition coefficient (Wildman–Crippen LogP) is 2.72. The Morgan fingerprint density at radius 2 is 2.29 bits per heavy atom. The summed E-state index contributed by atoms with van der Waals surface area (Å²) in [6, 6.07) is 1.90. The van der Waals surface area contributed by atoms with Gasteiger partial charge in [-0.3, -0.25) is 9.98 Å². The number of aromatic nitrogens is 1. The molecule has 1 aromatic rings. The van der Waals surface area contributed by atoms with Crippen LogP contribution >= 0.6 is 31.9 Å². The summed E-state index contributed by atoms with van der Waals surface area (Å²) in [4.78, 5) is 8.37. The van der Waals surface area contributed by atoms with Gasteiger partial charge in [-0.05, 0) is 44.3 Å². The van der Waals surface area contributed by atoms with Crippen molar-refractivity contribution in [1.29, 1.82) is 0 Å². The molecule has 1 heterocycles. The van der Waals surface area contributed by atoms with E-state index in [1.165, 1.54) is 0 Å². The van der Waals surface area contributed by atoms with Crippen molar-refractivity contribution in [3.8, 4) is 0 Å². The van der Waals surface area contributed by atoms with Gasteiger partial charge in [0.1, 0.15) is 11.5 Å². The summed E-state index contributed by atoms with van der Waals surface area (Å²) >= 11 is 6.71. The highest BCUT2D eigenvalue weighted by Gasteiger charge is 2.05. The van der Waals surface area contributed by atoms with E-state index in [2.05, 4.69) is 48.8 Å². The molecular weight excluding hydrogens is 310 g/mol. The molecule has 5 heteroatoms. The fourth-order valence-corrected chi connectivity index (χ4v) is 2.10. The lowest BCUT2D eigenvalue weighted by Gasteiger charge is -2.02. The van der Waals surface area contributed by atoms with Crippen molar-refractivity contribution in [2.24, 2.45) is 10.7 Å². The second-order valence-electron chi connectivity index (χ2n) is 2.75. The van der Waals surface area contributed by atoms with E-state index in [1.807, 2.05) is 6.07 Å². The Hall–Kier alpha value is -0.420. The summed E-state index contributed by atoms with van der Waals surface area (Å²) in [6.07, 6.45) is 2.68. The second-order valence-corrected chi connectivity index (χ2v) is 4.52. The molecule has 2 N–H and O–H groups in total. The quantitative estimate of drug-likeness (QED) is 0.687. The summed E-state index contributed by atoms with van der Waals surface area (Å²) in [5, 5.41) is 0. The Labute approximate surface area is 100 Å². The van der Waals surface area contributed by atoms with E-state index >= 15 is 0 Å². The molecule has 1 aromatic heterocycles. The SMILES string of the molecule is CCCN=C(N)c1ncc(Br)cc1Br. The molecule has 0 aromatic carbocycles. The van der Waals surface area contributed by atoms with E-state index in [4.69, 9.17) is 5.73 Å². The number of nitrogens with two attached hydrogens (primary N) is 1.